The molecule has 2 heterocycles. The van der Waals surface area contributed by atoms with Crippen molar-refractivity contribution < 1.29 is 4.42 Å². The Bertz CT molecular complexity index is 2460. The molecule has 0 amide bonds. The molecule has 212 valence electrons. The van der Waals surface area contributed by atoms with Crippen LogP contribution >= 0.6 is 0 Å². The van der Waals surface area contributed by atoms with Crippen molar-refractivity contribution in [2.24, 2.45) is 0 Å². The number of hydrogen-bond donors (Lipinski definition) is 0. The molecule has 3 heteroatoms. The second-order valence-corrected chi connectivity index (χ2v) is 12.1. The van der Waals surface area contributed by atoms with E-state index >= 15 is 0 Å². The Hall–Kier alpha value is -5.41. The second-order valence-electron chi connectivity index (χ2n) is 12.1. The highest BCUT2D eigenvalue weighted by Gasteiger charge is 2.37. The van der Waals surface area contributed by atoms with Gasteiger partial charge in [0.15, 0.2) is 0 Å². The van der Waals surface area contributed by atoms with Crippen LogP contribution in [0, 0.1) is 0 Å². The van der Waals surface area contributed by atoms with Gasteiger partial charge >= 0.3 is 0 Å². The SMILES string of the molecule is C=C(/C=C\C=C/C)c1ccc2c(=O)c3cc(-n4c5ccccc5c5c6c(ccc54)-c4ccccc4C6(C)C)ccc3oc2c1. The van der Waals surface area contributed by atoms with E-state index in [0.717, 1.165) is 27.9 Å². The van der Waals surface area contributed by atoms with E-state index in [2.05, 4.69) is 91.7 Å². The molecule has 0 N–H and O–H groups in total. The molecule has 0 unspecified atom stereocenters. The molecule has 0 fully saturated rings. The van der Waals surface area contributed by atoms with Gasteiger partial charge < -0.3 is 8.98 Å². The van der Waals surface area contributed by atoms with E-state index in [-0.39, 0.29) is 10.8 Å². The van der Waals surface area contributed by atoms with Gasteiger partial charge in [0, 0.05) is 21.9 Å². The predicted octanol–water partition coefficient (Wildman–Crippen LogP) is 10.5. The Morgan fingerprint density at radius 3 is 2.45 bits per heavy atom. The Balaban J connectivity index is 1.34. The number of benzene rings is 5. The molecule has 1 aliphatic carbocycles. The summed E-state index contributed by atoms with van der Waals surface area (Å²) in [5.41, 5.74) is 11.2. The molecule has 7 aromatic rings. The molecule has 0 bridgehead atoms. The first-order chi connectivity index (χ1) is 21.4. The first kappa shape index (κ1) is 26.2. The van der Waals surface area contributed by atoms with Crippen LogP contribution in [0.2, 0.25) is 0 Å². The van der Waals surface area contributed by atoms with Gasteiger partial charge in [-0.1, -0.05) is 99.3 Å². The van der Waals surface area contributed by atoms with Crippen LogP contribution in [-0.4, -0.2) is 4.57 Å². The topological polar surface area (TPSA) is 35.1 Å². The van der Waals surface area contributed by atoms with Crippen LogP contribution < -0.4 is 5.43 Å². The first-order valence-corrected chi connectivity index (χ1v) is 15.0. The normalized spacial score (nSPS) is 14.0. The molecule has 0 saturated carbocycles. The van der Waals surface area contributed by atoms with Crippen molar-refractivity contribution in [3.63, 3.8) is 0 Å². The van der Waals surface area contributed by atoms with Gasteiger partial charge in [0.2, 0.25) is 5.43 Å². The second kappa shape index (κ2) is 9.55. The third-order valence-corrected chi connectivity index (χ3v) is 9.24. The Kier molecular flexibility index (Phi) is 5.69. The van der Waals surface area contributed by atoms with E-state index in [4.69, 9.17) is 4.42 Å². The zero-order chi connectivity index (χ0) is 30.2. The molecule has 5 aromatic carbocycles. The maximum Gasteiger partial charge on any atom is 0.200 e. The van der Waals surface area contributed by atoms with Crippen LogP contribution in [0.4, 0.5) is 0 Å². The van der Waals surface area contributed by atoms with E-state index in [0.29, 0.717) is 21.9 Å². The first-order valence-electron chi connectivity index (χ1n) is 15.0. The van der Waals surface area contributed by atoms with Crippen LogP contribution in [-0.2, 0) is 5.41 Å². The maximum absolute atomic E-state index is 13.9. The molecular formula is C41H31NO2. The minimum atomic E-state index is -0.142. The van der Waals surface area contributed by atoms with E-state index in [1.807, 2.05) is 61.6 Å². The molecule has 0 saturated heterocycles. The van der Waals surface area contributed by atoms with Crippen molar-refractivity contribution in [3.05, 3.63) is 155 Å². The van der Waals surface area contributed by atoms with Crippen molar-refractivity contribution in [3.8, 4) is 16.8 Å². The average Bonchev–Trinajstić information content (AvgIpc) is 3.50. The molecule has 0 radical (unpaired) electrons. The zero-order valence-electron chi connectivity index (χ0n) is 25.0. The van der Waals surface area contributed by atoms with Crippen LogP contribution in [0.25, 0.3) is 66.1 Å². The standard InChI is InChI=1S/C41H31NO2/c1-5-6-7-12-25(2)26-17-19-31-37(23-26)44-36-22-18-27(24-32(36)40(31)43)42-34-16-11-9-14-30(34)38-35(42)21-20-29-28-13-8-10-15-33(28)41(3,4)39(29)38/h5-24H,2H2,1,3-4H3/b6-5-,12-7-. The summed E-state index contributed by atoms with van der Waals surface area (Å²) in [6.07, 6.45) is 7.83. The van der Waals surface area contributed by atoms with Gasteiger partial charge in [-0.3, -0.25) is 4.79 Å². The fraction of sp³-hybridized carbons (Fsp3) is 0.0976. The van der Waals surface area contributed by atoms with Crippen LogP contribution in [0.5, 0.6) is 0 Å². The molecule has 0 spiro atoms. The highest BCUT2D eigenvalue weighted by molar-refractivity contribution is 6.14. The van der Waals surface area contributed by atoms with Gasteiger partial charge in [0.25, 0.3) is 0 Å². The fourth-order valence-corrected chi connectivity index (χ4v) is 7.17. The molecule has 3 nitrogen and oxygen atoms in total. The molecule has 1 aliphatic rings. The largest absolute Gasteiger partial charge is 0.456 e. The number of hydrogen-bond acceptors (Lipinski definition) is 2. The van der Waals surface area contributed by atoms with Crippen molar-refractivity contribution >= 4 is 49.3 Å². The highest BCUT2D eigenvalue weighted by atomic mass is 16.3. The van der Waals surface area contributed by atoms with Crippen molar-refractivity contribution in [2.45, 2.75) is 26.2 Å². The highest BCUT2D eigenvalue weighted by Crippen LogP contribution is 2.53. The average molecular weight is 570 g/mol. The molecular weight excluding hydrogens is 538 g/mol. The summed E-state index contributed by atoms with van der Waals surface area (Å²) in [6.45, 7) is 10.8. The van der Waals surface area contributed by atoms with E-state index in [9.17, 15) is 4.79 Å². The van der Waals surface area contributed by atoms with Crippen LogP contribution in [0.15, 0.2) is 137 Å². The third-order valence-electron chi connectivity index (χ3n) is 9.24. The summed E-state index contributed by atoms with van der Waals surface area (Å²) < 4.78 is 8.61. The molecule has 0 aliphatic heterocycles. The van der Waals surface area contributed by atoms with E-state index in [1.165, 1.54) is 33.0 Å². The summed E-state index contributed by atoms with van der Waals surface area (Å²) in [5, 5.41) is 3.60. The van der Waals surface area contributed by atoms with Crippen molar-refractivity contribution in [1.82, 2.24) is 4.57 Å². The third kappa shape index (κ3) is 3.66. The lowest BCUT2D eigenvalue weighted by Crippen LogP contribution is -2.15. The number of aromatic nitrogens is 1. The van der Waals surface area contributed by atoms with Gasteiger partial charge in [0.1, 0.15) is 11.2 Å². The number of allylic oxidation sites excluding steroid dienone is 5. The van der Waals surface area contributed by atoms with Crippen molar-refractivity contribution in [1.29, 1.82) is 0 Å². The van der Waals surface area contributed by atoms with Gasteiger partial charge in [0.05, 0.1) is 21.8 Å². The fourth-order valence-electron chi connectivity index (χ4n) is 7.17. The van der Waals surface area contributed by atoms with E-state index in [1.54, 1.807) is 0 Å². The number of para-hydroxylation sites is 1. The zero-order valence-corrected chi connectivity index (χ0v) is 25.0. The Morgan fingerprint density at radius 1 is 0.773 bits per heavy atom. The molecule has 8 rings (SSSR count). The number of rotatable bonds is 4. The quantitative estimate of drug-likeness (QED) is 0.156. The number of nitrogens with zero attached hydrogens (tertiary/aromatic N) is 1. The monoisotopic (exact) mass is 569 g/mol. The van der Waals surface area contributed by atoms with Crippen LogP contribution in [0.3, 0.4) is 0 Å². The van der Waals surface area contributed by atoms with Crippen molar-refractivity contribution in [2.75, 3.05) is 0 Å². The number of fused-ring (bicyclic) bond motifs is 9. The summed E-state index contributed by atoms with van der Waals surface area (Å²) in [7, 11) is 0. The molecule has 44 heavy (non-hydrogen) atoms. The van der Waals surface area contributed by atoms with Gasteiger partial charge in [-0.15, -0.1) is 0 Å². The predicted molar refractivity (Wildman–Crippen MR) is 185 cm³/mol. The molecule has 2 aromatic heterocycles. The van der Waals surface area contributed by atoms with E-state index < -0.39 is 0 Å². The lowest BCUT2D eigenvalue weighted by molar-refractivity contribution is 0.659. The Morgan fingerprint density at radius 2 is 1.59 bits per heavy atom. The van der Waals surface area contributed by atoms with Gasteiger partial charge in [-0.2, -0.15) is 0 Å². The minimum Gasteiger partial charge on any atom is -0.456 e. The summed E-state index contributed by atoms with van der Waals surface area (Å²) in [4.78, 5) is 13.9. The minimum absolute atomic E-state index is 0.0389. The smallest absolute Gasteiger partial charge is 0.200 e. The summed E-state index contributed by atoms with van der Waals surface area (Å²) in [6, 6.07) is 33.5. The van der Waals surface area contributed by atoms with Crippen LogP contribution in [0.1, 0.15) is 37.5 Å². The van der Waals surface area contributed by atoms with Gasteiger partial charge in [-0.05, 0) is 82.8 Å². The summed E-state index contributed by atoms with van der Waals surface area (Å²) >= 11 is 0. The van der Waals surface area contributed by atoms with Gasteiger partial charge in [-0.25, -0.2) is 0 Å². The lowest BCUT2D eigenvalue weighted by Gasteiger charge is -2.22. The maximum atomic E-state index is 13.9. The summed E-state index contributed by atoms with van der Waals surface area (Å²) in [5.74, 6) is 0. The molecule has 0 atom stereocenters. The Labute approximate surface area is 255 Å². The lowest BCUT2D eigenvalue weighted by atomic mass is 9.80.